The first-order valence-electron chi connectivity index (χ1n) is 9.00. The van der Waals surface area contributed by atoms with E-state index in [0.29, 0.717) is 17.7 Å². The molecule has 2 aliphatic rings. The number of hydrogen-bond donors (Lipinski definition) is 2. The largest absolute Gasteiger partial charge is 0.388 e. The first-order chi connectivity index (χ1) is 11.7. The lowest BCUT2D eigenvalue weighted by Crippen LogP contribution is -2.46. The molecule has 0 bridgehead atoms. The van der Waals surface area contributed by atoms with Crippen LogP contribution in [-0.2, 0) is 0 Å². The minimum absolute atomic E-state index is 0.0597. The van der Waals surface area contributed by atoms with Crippen molar-refractivity contribution >= 4 is 17.8 Å². The zero-order valence-corrected chi connectivity index (χ0v) is 15.2. The molecule has 1 aromatic rings. The highest BCUT2D eigenvalue weighted by Crippen LogP contribution is 2.30. The minimum Gasteiger partial charge on any atom is -0.388 e. The van der Waals surface area contributed by atoms with Gasteiger partial charge in [0.15, 0.2) is 0 Å². The van der Waals surface area contributed by atoms with Crippen molar-refractivity contribution in [1.29, 1.82) is 0 Å². The molecule has 0 aromatic heterocycles. The summed E-state index contributed by atoms with van der Waals surface area (Å²) in [6.07, 6.45) is 7.64. The molecule has 1 aliphatic heterocycles. The van der Waals surface area contributed by atoms with Gasteiger partial charge in [-0.05, 0) is 50.3 Å². The van der Waals surface area contributed by atoms with Crippen LogP contribution in [0.15, 0.2) is 30.3 Å². The van der Waals surface area contributed by atoms with Gasteiger partial charge < -0.3 is 15.3 Å². The van der Waals surface area contributed by atoms with E-state index in [4.69, 9.17) is 0 Å². The first-order valence-corrected chi connectivity index (χ1v) is 10.3. The van der Waals surface area contributed by atoms with Gasteiger partial charge in [0.1, 0.15) is 0 Å². The van der Waals surface area contributed by atoms with Crippen LogP contribution in [0.1, 0.15) is 50.2 Å². The molecule has 2 N–H and O–H groups in total. The highest BCUT2D eigenvalue weighted by Gasteiger charge is 2.33. The maximum absolute atomic E-state index is 12.7. The fourth-order valence-electron chi connectivity index (χ4n) is 3.96. The second-order valence-electron chi connectivity index (χ2n) is 6.97. The number of hydrogen-bond acceptors (Lipinski definition) is 3. The Hall–Kier alpha value is -1.20. The molecule has 3 rings (SSSR count). The molecule has 5 heteroatoms. The summed E-state index contributed by atoms with van der Waals surface area (Å²) in [6.45, 7) is 0.802. The molecule has 1 heterocycles. The van der Waals surface area contributed by atoms with Crippen molar-refractivity contribution in [2.24, 2.45) is 0 Å². The van der Waals surface area contributed by atoms with E-state index >= 15 is 0 Å². The number of nitrogens with zero attached hydrogens (tertiary/aromatic N) is 1. The topological polar surface area (TPSA) is 52.6 Å². The third kappa shape index (κ3) is 4.25. The predicted octanol–water partition coefficient (Wildman–Crippen LogP) is 3.57. The zero-order valence-electron chi connectivity index (χ0n) is 14.4. The zero-order chi connectivity index (χ0) is 16.9. The van der Waals surface area contributed by atoms with Gasteiger partial charge in [-0.15, -0.1) is 0 Å². The number of benzene rings is 1. The number of carbonyl (C=O) groups excluding carboxylic acids is 1. The number of amides is 2. The number of carbonyl (C=O) groups is 1. The molecule has 4 atom stereocenters. The molecule has 2 fully saturated rings. The summed E-state index contributed by atoms with van der Waals surface area (Å²) in [7, 11) is 0. The van der Waals surface area contributed by atoms with Gasteiger partial charge in [0.2, 0.25) is 0 Å². The van der Waals surface area contributed by atoms with E-state index in [1.165, 1.54) is 6.42 Å². The summed E-state index contributed by atoms with van der Waals surface area (Å²) < 4.78 is 0. The van der Waals surface area contributed by atoms with E-state index in [-0.39, 0.29) is 12.1 Å². The second-order valence-corrected chi connectivity index (χ2v) is 8.11. The van der Waals surface area contributed by atoms with Gasteiger partial charge in [-0.1, -0.05) is 30.3 Å². The third-order valence-corrected chi connectivity index (χ3v) is 6.46. The summed E-state index contributed by atoms with van der Waals surface area (Å²) >= 11 is 1.90. The Kier molecular flexibility index (Phi) is 6.06. The maximum atomic E-state index is 12.7. The normalized spacial score (nSPS) is 28.1. The fraction of sp³-hybridized carbons (Fsp3) is 0.632. The lowest BCUT2D eigenvalue weighted by Gasteiger charge is -2.28. The van der Waals surface area contributed by atoms with E-state index in [1.807, 2.05) is 47.0 Å². The summed E-state index contributed by atoms with van der Waals surface area (Å²) in [4.78, 5) is 14.6. The van der Waals surface area contributed by atoms with E-state index in [9.17, 15) is 9.90 Å². The Labute approximate surface area is 149 Å². The van der Waals surface area contributed by atoms with Crippen LogP contribution in [0, 0.1) is 0 Å². The van der Waals surface area contributed by atoms with Gasteiger partial charge in [-0.2, -0.15) is 11.8 Å². The van der Waals surface area contributed by atoms with Crippen molar-refractivity contribution < 1.29 is 9.90 Å². The smallest absolute Gasteiger partial charge is 0.317 e. The van der Waals surface area contributed by atoms with E-state index in [1.54, 1.807) is 0 Å². The van der Waals surface area contributed by atoms with Gasteiger partial charge in [0.25, 0.3) is 0 Å². The monoisotopic (exact) mass is 348 g/mol. The summed E-state index contributed by atoms with van der Waals surface area (Å²) in [6, 6.07) is 10.3. The molecule has 2 amide bonds. The average Bonchev–Trinajstić information content (AvgIpc) is 3.24. The Morgan fingerprint density at radius 2 is 2.12 bits per heavy atom. The first kappa shape index (κ1) is 17.6. The van der Waals surface area contributed by atoms with Gasteiger partial charge in [-0.25, -0.2) is 4.79 Å². The Balaban J connectivity index is 1.54. The van der Waals surface area contributed by atoms with Gasteiger partial charge in [0, 0.05) is 23.9 Å². The second kappa shape index (κ2) is 8.26. The highest BCUT2D eigenvalue weighted by atomic mass is 32.2. The molecule has 1 aromatic carbocycles. The molecular weight excluding hydrogens is 320 g/mol. The van der Waals surface area contributed by atoms with Gasteiger partial charge >= 0.3 is 6.03 Å². The van der Waals surface area contributed by atoms with Crippen molar-refractivity contribution in [3.05, 3.63) is 35.9 Å². The molecule has 24 heavy (non-hydrogen) atoms. The van der Waals surface area contributed by atoms with Crippen molar-refractivity contribution in [2.75, 3.05) is 12.8 Å². The quantitative estimate of drug-likeness (QED) is 0.855. The SMILES string of the molecule is CSC1CCC(NC(=O)N2CCCC2CC(O)c2ccccc2)C1. The molecule has 1 saturated carbocycles. The Morgan fingerprint density at radius 3 is 2.83 bits per heavy atom. The van der Waals surface area contributed by atoms with Crippen LogP contribution >= 0.6 is 11.8 Å². The number of rotatable bonds is 5. The summed E-state index contributed by atoms with van der Waals surface area (Å²) in [5.41, 5.74) is 0.934. The lowest BCUT2D eigenvalue weighted by molar-refractivity contribution is 0.125. The van der Waals surface area contributed by atoms with E-state index in [2.05, 4.69) is 11.6 Å². The number of aliphatic hydroxyl groups excluding tert-OH is 1. The van der Waals surface area contributed by atoms with Crippen LogP contribution in [0.3, 0.4) is 0 Å². The van der Waals surface area contributed by atoms with Gasteiger partial charge in [0.05, 0.1) is 6.10 Å². The molecule has 132 valence electrons. The van der Waals surface area contributed by atoms with Crippen molar-refractivity contribution in [3.8, 4) is 0 Å². The predicted molar refractivity (Wildman–Crippen MR) is 99.2 cm³/mol. The molecule has 0 spiro atoms. The van der Waals surface area contributed by atoms with E-state index in [0.717, 1.165) is 37.8 Å². The number of nitrogens with one attached hydrogen (secondary N) is 1. The number of thioether (sulfide) groups is 1. The minimum atomic E-state index is -0.503. The van der Waals surface area contributed by atoms with Crippen molar-refractivity contribution in [1.82, 2.24) is 10.2 Å². The number of aliphatic hydroxyl groups is 1. The molecular formula is C19H28N2O2S. The number of likely N-dealkylation sites (tertiary alicyclic amines) is 1. The summed E-state index contributed by atoms with van der Waals surface area (Å²) in [5.74, 6) is 0. The Morgan fingerprint density at radius 1 is 1.33 bits per heavy atom. The Bertz CT molecular complexity index is 539. The summed E-state index contributed by atoms with van der Waals surface area (Å²) in [5, 5.41) is 14.4. The molecule has 0 radical (unpaired) electrons. The third-order valence-electron chi connectivity index (χ3n) is 5.36. The van der Waals surface area contributed by atoms with Crippen molar-refractivity contribution in [3.63, 3.8) is 0 Å². The lowest BCUT2D eigenvalue weighted by atomic mass is 10.0. The highest BCUT2D eigenvalue weighted by molar-refractivity contribution is 7.99. The van der Waals surface area contributed by atoms with Crippen LogP contribution < -0.4 is 5.32 Å². The van der Waals surface area contributed by atoms with Gasteiger partial charge in [-0.3, -0.25) is 0 Å². The van der Waals surface area contributed by atoms with Crippen LogP contribution in [0.4, 0.5) is 4.79 Å². The van der Waals surface area contributed by atoms with Crippen LogP contribution in [-0.4, -0.2) is 46.2 Å². The number of urea groups is 1. The standard InChI is InChI=1S/C19H28N2O2S/c1-24-17-10-9-15(12-17)20-19(23)21-11-5-8-16(21)13-18(22)14-6-3-2-4-7-14/h2-4,6-7,15-18,22H,5,8-13H2,1H3,(H,20,23). The average molecular weight is 349 g/mol. The van der Waals surface area contributed by atoms with Crippen LogP contribution in [0.25, 0.3) is 0 Å². The molecule has 1 saturated heterocycles. The molecule has 1 aliphatic carbocycles. The fourth-order valence-corrected chi connectivity index (χ4v) is 4.76. The molecule has 4 nitrogen and oxygen atoms in total. The van der Waals surface area contributed by atoms with Crippen molar-refractivity contribution in [2.45, 2.75) is 62.0 Å². The van der Waals surface area contributed by atoms with Crippen LogP contribution in [0.2, 0.25) is 0 Å². The van der Waals surface area contributed by atoms with E-state index < -0.39 is 6.10 Å². The molecule has 4 unspecified atom stereocenters. The maximum Gasteiger partial charge on any atom is 0.317 e. The van der Waals surface area contributed by atoms with Crippen LogP contribution in [0.5, 0.6) is 0 Å².